The van der Waals surface area contributed by atoms with Crippen LogP contribution in [0.1, 0.15) is 16.1 Å². The molecule has 0 bridgehead atoms. The zero-order valence-corrected chi connectivity index (χ0v) is 15.8. The van der Waals surface area contributed by atoms with E-state index < -0.39 is 4.92 Å². The molecule has 2 aromatic heterocycles. The summed E-state index contributed by atoms with van der Waals surface area (Å²) in [6.45, 7) is 3.95. The Morgan fingerprint density at radius 1 is 1.07 bits per heavy atom. The van der Waals surface area contributed by atoms with E-state index >= 15 is 0 Å². The second-order valence-corrected chi connectivity index (χ2v) is 6.69. The molecule has 0 spiro atoms. The molecule has 1 amide bonds. The highest BCUT2D eigenvalue weighted by atomic mass is 16.6. The van der Waals surface area contributed by atoms with E-state index in [0.29, 0.717) is 32.0 Å². The fourth-order valence-corrected chi connectivity index (χ4v) is 3.30. The van der Waals surface area contributed by atoms with Gasteiger partial charge in [0.25, 0.3) is 11.6 Å². The molecule has 0 radical (unpaired) electrons. The van der Waals surface area contributed by atoms with Crippen molar-refractivity contribution in [2.45, 2.75) is 6.92 Å². The standard InChI is InChI=1S/C19H19N7O3/c1-14-6-7-25(22-14)18-12-17(20-13-21-18)23-8-10-24(11-9-23)19(27)15-4-2-3-5-16(15)26(28)29/h2-7,12-13H,8-11H2,1H3. The maximum atomic E-state index is 12.8. The maximum Gasteiger partial charge on any atom is 0.282 e. The number of piperazine rings is 1. The Morgan fingerprint density at radius 3 is 2.48 bits per heavy atom. The molecular formula is C19H19N7O3. The van der Waals surface area contributed by atoms with Crippen molar-refractivity contribution >= 4 is 17.4 Å². The number of para-hydroxylation sites is 1. The lowest BCUT2D eigenvalue weighted by Gasteiger charge is -2.35. The van der Waals surface area contributed by atoms with Crippen molar-refractivity contribution in [3.63, 3.8) is 0 Å². The summed E-state index contributed by atoms with van der Waals surface area (Å²) in [5.74, 6) is 1.09. The topological polar surface area (TPSA) is 110 Å². The fraction of sp³-hybridized carbons (Fsp3) is 0.263. The molecule has 1 aromatic carbocycles. The van der Waals surface area contributed by atoms with Gasteiger partial charge in [-0.15, -0.1) is 0 Å². The number of amides is 1. The number of hydrogen-bond acceptors (Lipinski definition) is 7. The summed E-state index contributed by atoms with van der Waals surface area (Å²) in [6.07, 6.45) is 3.33. The van der Waals surface area contributed by atoms with Gasteiger partial charge >= 0.3 is 0 Å². The first-order chi connectivity index (χ1) is 14.0. The van der Waals surface area contributed by atoms with Crippen LogP contribution >= 0.6 is 0 Å². The van der Waals surface area contributed by atoms with Crippen LogP contribution in [0.25, 0.3) is 5.82 Å². The maximum absolute atomic E-state index is 12.8. The molecule has 10 nitrogen and oxygen atoms in total. The summed E-state index contributed by atoms with van der Waals surface area (Å²) in [5.41, 5.74) is 0.839. The zero-order chi connectivity index (χ0) is 20.4. The first kappa shape index (κ1) is 18.5. The van der Waals surface area contributed by atoms with Crippen LogP contribution in [0.3, 0.4) is 0 Å². The van der Waals surface area contributed by atoms with E-state index in [1.807, 2.05) is 25.3 Å². The van der Waals surface area contributed by atoms with Gasteiger partial charge in [-0.25, -0.2) is 14.6 Å². The lowest BCUT2D eigenvalue weighted by atomic mass is 10.1. The average molecular weight is 393 g/mol. The van der Waals surface area contributed by atoms with Gasteiger partial charge in [-0.1, -0.05) is 12.1 Å². The number of benzene rings is 1. The third-order valence-electron chi connectivity index (χ3n) is 4.82. The number of rotatable bonds is 4. The molecule has 4 rings (SSSR count). The average Bonchev–Trinajstić information content (AvgIpc) is 3.20. The van der Waals surface area contributed by atoms with Crippen molar-refractivity contribution in [1.82, 2.24) is 24.6 Å². The summed E-state index contributed by atoms with van der Waals surface area (Å²) in [5, 5.41) is 15.6. The minimum absolute atomic E-state index is 0.115. The van der Waals surface area contributed by atoms with E-state index in [1.54, 1.807) is 21.7 Å². The second-order valence-electron chi connectivity index (χ2n) is 6.69. The number of nitro groups is 1. The Balaban J connectivity index is 1.46. The van der Waals surface area contributed by atoms with Crippen molar-refractivity contribution in [1.29, 1.82) is 0 Å². The molecule has 1 aliphatic rings. The Labute approximate surface area is 166 Å². The third kappa shape index (κ3) is 3.77. The van der Waals surface area contributed by atoms with Crippen LogP contribution in [0.5, 0.6) is 0 Å². The van der Waals surface area contributed by atoms with Gasteiger partial charge in [-0.2, -0.15) is 5.10 Å². The zero-order valence-electron chi connectivity index (χ0n) is 15.8. The largest absolute Gasteiger partial charge is 0.353 e. The Morgan fingerprint density at radius 2 is 1.79 bits per heavy atom. The highest BCUT2D eigenvalue weighted by molar-refractivity contribution is 5.98. The number of nitro benzene ring substituents is 1. The quantitative estimate of drug-likeness (QED) is 0.491. The number of aromatic nitrogens is 4. The minimum Gasteiger partial charge on any atom is -0.353 e. The SMILES string of the molecule is Cc1ccn(-c2cc(N3CCN(C(=O)c4ccccc4[N+](=O)[O-])CC3)ncn2)n1. The van der Waals surface area contributed by atoms with Crippen molar-refractivity contribution < 1.29 is 9.72 Å². The van der Waals surface area contributed by atoms with Crippen molar-refractivity contribution in [2.75, 3.05) is 31.1 Å². The van der Waals surface area contributed by atoms with Crippen LogP contribution in [-0.4, -0.2) is 61.7 Å². The molecule has 29 heavy (non-hydrogen) atoms. The van der Waals surface area contributed by atoms with E-state index in [-0.39, 0.29) is 17.2 Å². The number of anilines is 1. The monoisotopic (exact) mass is 393 g/mol. The van der Waals surface area contributed by atoms with Gasteiger partial charge in [0.15, 0.2) is 5.82 Å². The molecule has 148 valence electrons. The van der Waals surface area contributed by atoms with E-state index in [0.717, 1.165) is 11.5 Å². The predicted molar refractivity (Wildman–Crippen MR) is 105 cm³/mol. The number of hydrogen-bond donors (Lipinski definition) is 0. The molecule has 3 aromatic rings. The smallest absolute Gasteiger partial charge is 0.282 e. The van der Waals surface area contributed by atoms with E-state index in [2.05, 4.69) is 20.0 Å². The second kappa shape index (κ2) is 7.66. The number of carbonyl (C=O) groups excluding carboxylic acids is 1. The van der Waals surface area contributed by atoms with E-state index in [4.69, 9.17) is 0 Å². The Kier molecular flexibility index (Phi) is 4.90. The van der Waals surface area contributed by atoms with Crippen LogP contribution in [0.2, 0.25) is 0 Å². The van der Waals surface area contributed by atoms with Crippen LogP contribution in [0.4, 0.5) is 11.5 Å². The van der Waals surface area contributed by atoms with Crippen LogP contribution < -0.4 is 4.90 Å². The summed E-state index contributed by atoms with van der Waals surface area (Å²) in [4.78, 5) is 35.8. The Hall–Kier alpha value is -3.82. The molecule has 0 saturated carbocycles. The van der Waals surface area contributed by atoms with Gasteiger partial charge in [0.1, 0.15) is 17.7 Å². The molecule has 3 heterocycles. The third-order valence-corrected chi connectivity index (χ3v) is 4.82. The molecule has 1 saturated heterocycles. The first-order valence-electron chi connectivity index (χ1n) is 9.15. The first-order valence-corrected chi connectivity index (χ1v) is 9.15. The lowest BCUT2D eigenvalue weighted by molar-refractivity contribution is -0.385. The molecule has 10 heteroatoms. The normalized spacial score (nSPS) is 14.1. The summed E-state index contributed by atoms with van der Waals surface area (Å²) in [7, 11) is 0. The summed E-state index contributed by atoms with van der Waals surface area (Å²) < 4.78 is 1.69. The van der Waals surface area contributed by atoms with Gasteiger partial charge in [0.05, 0.1) is 10.6 Å². The van der Waals surface area contributed by atoms with Gasteiger partial charge in [-0.05, 0) is 19.1 Å². The molecule has 1 fully saturated rings. The number of carbonyl (C=O) groups is 1. The molecule has 0 atom stereocenters. The molecule has 0 unspecified atom stereocenters. The lowest BCUT2D eigenvalue weighted by Crippen LogP contribution is -2.49. The number of nitrogens with zero attached hydrogens (tertiary/aromatic N) is 7. The molecular weight excluding hydrogens is 374 g/mol. The van der Waals surface area contributed by atoms with Gasteiger partial charge < -0.3 is 9.80 Å². The highest BCUT2D eigenvalue weighted by Crippen LogP contribution is 2.21. The molecule has 0 aliphatic carbocycles. The van der Waals surface area contributed by atoms with Crippen LogP contribution in [0, 0.1) is 17.0 Å². The van der Waals surface area contributed by atoms with Crippen molar-refractivity contribution in [3.05, 3.63) is 70.3 Å². The molecule has 1 aliphatic heterocycles. The molecule has 0 N–H and O–H groups in total. The van der Waals surface area contributed by atoms with Crippen LogP contribution in [0.15, 0.2) is 48.9 Å². The van der Waals surface area contributed by atoms with Crippen LogP contribution in [-0.2, 0) is 0 Å². The minimum atomic E-state index is -0.525. The predicted octanol–water partition coefficient (Wildman–Crippen LogP) is 1.84. The highest BCUT2D eigenvalue weighted by Gasteiger charge is 2.27. The van der Waals surface area contributed by atoms with Gasteiger partial charge in [0.2, 0.25) is 0 Å². The van der Waals surface area contributed by atoms with E-state index in [1.165, 1.54) is 18.5 Å². The Bertz CT molecular complexity index is 1060. The summed E-state index contributed by atoms with van der Waals surface area (Å²) in [6, 6.07) is 9.79. The fourth-order valence-electron chi connectivity index (χ4n) is 3.30. The summed E-state index contributed by atoms with van der Waals surface area (Å²) >= 11 is 0. The van der Waals surface area contributed by atoms with E-state index in [9.17, 15) is 14.9 Å². The number of aryl methyl sites for hydroxylation is 1. The van der Waals surface area contributed by atoms with Gasteiger partial charge in [-0.3, -0.25) is 14.9 Å². The van der Waals surface area contributed by atoms with Crippen molar-refractivity contribution in [3.8, 4) is 5.82 Å². The van der Waals surface area contributed by atoms with Crippen molar-refractivity contribution in [2.24, 2.45) is 0 Å². The van der Waals surface area contributed by atoms with Gasteiger partial charge in [0, 0.05) is 44.5 Å².